The summed E-state index contributed by atoms with van der Waals surface area (Å²) in [7, 11) is 0. The number of carbonyl (C=O) groups is 5. The zero-order valence-electron chi connectivity index (χ0n) is 50.6. The van der Waals surface area contributed by atoms with E-state index in [1.807, 2.05) is 364 Å². The van der Waals surface area contributed by atoms with E-state index in [2.05, 4.69) is 0 Å². The molecule has 7 heteroatoms. The molecule has 92 heavy (non-hydrogen) atoms. The summed E-state index contributed by atoms with van der Waals surface area (Å²) in [4.78, 5) is 58.1. The number of ketones is 5. The number of allylic oxidation sites excluding steroid dienone is 10. The first-order valence-electron chi connectivity index (χ1n) is 29.2. The molecule has 10 rings (SSSR count). The molecule has 0 bridgehead atoms. The maximum atomic E-state index is 11.6. The quantitative estimate of drug-likeness (QED) is 0.0561. The second kappa shape index (κ2) is 46.4. The molecule has 0 aliphatic carbocycles. The summed E-state index contributed by atoms with van der Waals surface area (Å²) in [6.07, 6.45) is 34.0. The van der Waals surface area contributed by atoms with Crippen LogP contribution < -0.4 is 0 Å². The number of hydrogen-bond donors (Lipinski definition) is 0. The van der Waals surface area contributed by atoms with Crippen LogP contribution in [0.1, 0.15) is 55.6 Å². The number of hydrogen-bond acceptors (Lipinski definition) is 5. The van der Waals surface area contributed by atoms with Gasteiger partial charge in [-0.2, -0.15) is 0 Å². The Balaban J connectivity index is 0.000000244. The van der Waals surface area contributed by atoms with Gasteiger partial charge in [-0.25, -0.2) is 0 Å². The van der Waals surface area contributed by atoms with Crippen molar-refractivity contribution in [3.05, 3.63) is 420 Å². The van der Waals surface area contributed by atoms with E-state index in [0.29, 0.717) is 0 Å². The van der Waals surface area contributed by atoms with Crippen molar-refractivity contribution in [3.8, 4) is 0 Å². The summed E-state index contributed by atoms with van der Waals surface area (Å²) < 4.78 is 0. The van der Waals surface area contributed by atoms with E-state index in [-0.39, 0.29) is 69.8 Å². The van der Waals surface area contributed by atoms with E-state index in [4.69, 9.17) is 0 Å². The van der Waals surface area contributed by atoms with Gasteiger partial charge < -0.3 is 0 Å². The molecule has 10 aromatic carbocycles. The van der Waals surface area contributed by atoms with Crippen molar-refractivity contribution in [2.24, 2.45) is 0 Å². The minimum Gasteiger partial charge on any atom is -0.290 e. The number of rotatable bonds is 20. The van der Waals surface area contributed by atoms with Gasteiger partial charge in [0.2, 0.25) is 0 Å². The predicted molar refractivity (Wildman–Crippen MR) is 380 cm³/mol. The fraction of sp³-hybridized carbons (Fsp3) is 0. The first-order chi connectivity index (χ1) is 44.2. The first-order valence-corrected chi connectivity index (χ1v) is 29.2. The summed E-state index contributed by atoms with van der Waals surface area (Å²) in [5, 5.41) is 0. The maximum absolute atomic E-state index is 11.6. The van der Waals surface area contributed by atoms with E-state index >= 15 is 0 Å². The van der Waals surface area contributed by atoms with Gasteiger partial charge in [-0.3, -0.25) is 24.0 Å². The maximum Gasteiger partial charge on any atom is 0.178 e. The fourth-order valence-electron chi connectivity index (χ4n) is 7.70. The molecule has 0 heterocycles. The molecule has 0 aromatic heterocycles. The third-order valence-electron chi connectivity index (χ3n) is 12.4. The van der Waals surface area contributed by atoms with Crippen molar-refractivity contribution in [1.82, 2.24) is 0 Å². The molecule has 0 amide bonds. The molecule has 0 unspecified atom stereocenters. The van der Waals surface area contributed by atoms with Crippen LogP contribution in [0.2, 0.25) is 0 Å². The van der Waals surface area contributed by atoms with Crippen LogP contribution in [0.5, 0.6) is 0 Å². The van der Waals surface area contributed by atoms with E-state index < -0.39 is 0 Å². The Morgan fingerprint density at radius 3 is 0.293 bits per heavy atom. The van der Waals surface area contributed by atoms with Gasteiger partial charge in [0.25, 0.3) is 0 Å². The van der Waals surface area contributed by atoms with Crippen LogP contribution in [0.25, 0.3) is 60.8 Å². The van der Waals surface area contributed by atoms with Crippen LogP contribution in [0.4, 0.5) is 0 Å². The summed E-state index contributed by atoms with van der Waals surface area (Å²) in [5.74, 6) is -0.0569. The van der Waals surface area contributed by atoms with Gasteiger partial charge in [-0.15, -0.1) is 0 Å². The van der Waals surface area contributed by atoms with E-state index in [1.165, 1.54) is 0 Å². The Hall–Kier alpha value is -10.7. The predicted octanol–water partition coefficient (Wildman–Crippen LogP) is 19.9. The zero-order chi connectivity index (χ0) is 63.2. The molecule has 460 valence electrons. The van der Waals surface area contributed by atoms with Crippen LogP contribution in [0.15, 0.2) is 364 Å². The minimum atomic E-state index is -0.0114. The summed E-state index contributed by atoms with van der Waals surface area (Å²) in [6.45, 7) is 0. The molecule has 0 spiro atoms. The summed E-state index contributed by atoms with van der Waals surface area (Å²) in [5.41, 5.74) is 10.3. The van der Waals surface area contributed by atoms with Crippen LogP contribution in [-0.4, -0.2) is 28.9 Å². The second-order valence-electron chi connectivity index (χ2n) is 19.5. The van der Waals surface area contributed by atoms with Gasteiger partial charge in [0.05, 0.1) is 0 Å². The SMILES string of the molecule is O=C(/C=C/c1ccccc1)/C=C/c1ccccc1.O=C(/C=C/c1ccccc1)/C=C/c1ccccc1.O=C(/C=C/c1ccccc1)/C=C/c1ccccc1.O=C(/C=C/c1ccccc1)/C=C/c1ccccc1.O=C(/C=C/c1ccccc1)/C=C/c1ccccc1.[Pd].[Pd]. The van der Waals surface area contributed by atoms with Crippen molar-refractivity contribution in [2.75, 3.05) is 0 Å². The number of benzene rings is 10. The Morgan fingerprint density at radius 2 is 0.217 bits per heavy atom. The van der Waals surface area contributed by atoms with Crippen molar-refractivity contribution in [2.45, 2.75) is 0 Å². The number of carbonyl (C=O) groups excluding carboxylic acids is 5. The van der Waals surface area contributed by atoms with E-state index in [9.17, 15) is 24.0 Å². The van der Waals surface area contributed by atoms with Gasteiger partial charge in [-0.05, 0) is 116 Å². The van der Waals surface area contributed by atoms with Crippen molar-refractivity contribution in [3.63, 3.8) is 0 Å². The van der Waals surface area contributed by atoms with Crippen molar-refractivity contribution >= 4 is 89.7 Å². The van der Waals surface area contributed by atoms with Crippen molar-refractivity contribution in [1.29, 1.82) is 0 Å². The molecule has 0 saturated heterocycles. The van der Waals surface area contributed by atoms with Gasteiger partial charge in [0.15, 0.2) is 28.9 Å². The summed E-state index contributed by atoms with van der Waals surface area (Å²) in [6, 6.07) is 97.8. The molecule has 0 aliphatic heterocycles. The molecule has 0 atom stereocenters. The third kappa shape index (κ3) is 34.1. The van der Waals surface area contributed by atoms with Gasteiger partial charge in [0.1, 0.15) is 0 Å². The normalized spacial score (nSPS) is 10.9. The topological polar surface area (TPSA) is 85.3 Å². The molecule has 0 saturated carbocycles. The monoisotopic (exact) mass is 1380 g/mol. The molecular formula is C85H70O5Pd2. The molecule has 0 fully saturated rings. The van der Waals surface area contributed by atoms with Crippen LogP contribution in [-0.2, 0) is 64.8 Å². The van der Waals surface area contributed by atoms with E-state index in [1.54, 1.807) is 60.8 Å². The Labute approximate surface area is 570 Å². The fourth-order valence-corrected chi connectivity index (χ4v) is 7.70. The van der Waals surface area contributed by atoms with Crippen LogP contribution in [0, 0.1) is 0 Å². The van der Waals surface area contributed by atoms with Gasteiger partial charge >= 0.3 is 0 Å². The summed E-state index contributed by atoms with van der Waals surface area (Å²) >= 11 is 0. The van der Waals surface area contributed by atoms with Gasteiger partial charge in [0, 0.05) is 40.8 Å². The first kappa shape index (κ1) is 73.7. The van der Waals surface area contributed by atoms with Crippen molar-refractivity contribution < 1.29 is 64.8 Å². The largest absolute Gasteiger partial charge is 0.290 e. The standard InChI is InChI=1S/5C17H14O.2Pd/c5*18-17(13-11-15-7-3-1-4-8-15)14-12-16-9-5-2-6-10-16;;/h5*1-14H;;/b5*13-11+,14-12+;;. The molecule has 0 aliphatic rings. The Kier molecular flexibility index (Phi) is 37.2. The third-order valence-corrected chi connectivity index (χ3v) is 12.4. The smallest absolute Gasteiger partial charge is 0.178 e. The molecule has 0 radical (unpaired) electrons. The Morgan fingerprint density at radius 1 is 0.141 bits per heavy atom. The van der Waals surface area contributed by atoms with Crippen LogP contribution in [0.3, 0.4) is 0 Å². The second-order valence-corrected chi connectivity index (χ2v) is 19.5. The molecule has 10 aromatic rings. The zero-order valence-corrected chi connectivity index (χ0v) is 53.7. The van der Waals surface area contributed by atoms with Gasteiger partial charge in [-0.1, -0.05) is 364 Å². The molecule has 5 nitrogen and oxygen atoms in total. The van der Waals surface area contributed by atoms with E-state index in [0.717, 1.165) is 55.6 Å². The molecular weight excluding hydrogens is 1310 g/mol. The van der Waals surface area contributed by atoms with Crippen LogP contribution >= 0.6 is 0 Å². The average Bonchev–Trinajstić information content (AvgIpc) is 3.79. The molecule has 0 N–H and O–H groups in total. The minimum absolute atomic E-state index is 0. The average molecular weight is 1380 g/mol. The Bertz CT molecular complexity index is 3130.